The summed E-state index contributed by atoms with van der Waals surface area (Å²) in [6.45, 7) is 4.85. The summed E-state index contributed by atoms with van der Waals surface area (Å²) < 4.78 is 0. The van der Waals surface area contributed by atoms with Gasteiger partial charge in [0.15, 0.2) is 0 Å². The van der Waals surface area contributed by atoms with Crippen molar-refractivity contribution in [3.8, 4) is 0 Å². The summed E-state index contributed by atoms with van der Waals surface area (Å²) in [7, 11) is 2.00. The van der Waals surface area contributed by atoms with E-state index in [4.69, 9.17) is 0 Å². The summed E-state index contributed by atoms with van der Waals surface area (Å²) in [6, 6.07) is 4.01. The minimum absolute atomic E-state index is 0. The number of hydrogen-bond acceptors (Lipinski definition) is 4. The normalized spacial score (nSPS) is 14.3. The number of rotatable bonds is 5. The summed E-state index contributed by atoms with van der Waals surface area (Å²) in [5.41, 5.74) is 1.21. The van der Waals surface area contributed by atoms with Gasteiger partial charge < -0.3 is 10.2 Å². The second-order valence-corrected chi connectivity index (χ2v) is 4.98. The van der Waals surface area contributed by atoms with Crippen molar-refractivity contribution in [2.45, 2.75) is 6.42 Å². The van der Waals surface area contributed by atoms with Gasteiger partial charge in [0.1, 0.15) is 0 Å². The maximum absolute atomic E-state index is 12.1. The highest BCUT2D eigenvalue weighted by Gasteiger charge is 2.17. The Balaban J connectivity index is 0.00000200. The Kier molecular flexibility index (Phi) is 10.3. The van der Waals surface area contributed by atoms with Gasteiger partial charge in [-0.15, -0.1) is 24.8 Å². The van der Waals surface area contributed by atoms with Crippen LogP contribution in [0.15, 0.2) is 24.5 Å². The van der Waals surface area contributed by atoms with Gasteiger partial charge in [-0.25, -0.2) is 0 Å². The van der Waals surface area contributed by atoms with Gasteiger partial charge in [0.25, 0.3) is 0 Å². The molecule has 1 amide bonds. The van der Waals surface area contributed by atoms with E-state index in [0.29, 0.717) is 6.54 Å². The zero-order valence-corrected chi connectivity index (χ0v) is 14.0. The molecular weight excluding hydrogens is 311 g/mol. The average molecular weight is 335 g/mol. The van der Waals surface area contributed by atoms with Crippen molar-refractivity contribution in [2.24, 2.45) is 0 Å². The van der Waals surface area contributed by atoms with Crippen LogP contribution in [0.4, 0.5) is 0 Å². The Hall–Kier alpha value is -0.880. The molecule has 1 fully saturated rings. The Morgan fingerprint density at radius 2 is 2.10 bits per heavy atom. The van der Waals surface area contributed by atoms with Gasteiger partial charge in [0, 0.05) is 45.1 Å². The fraction of sp³-hybridized carbons (Fsp3) is 0.571. The Morgan fingerprint density at radius 3 is 2.71 bits per heavy atom. The molecule has 0 spiro atoms. The molecule has 2 rings (SSSR count). The predicted octanol–water partition coefficient (Wildman–Crippen LogP) is 0.831. The summed E-state index contributed by atoms with van der Waals surface area (Å²) in [5.74, 6) is 0.232. The number of amides is 1. The fourth-order valence-corrected chi connectivity index (χ4v) is 2.19. The van der Waals surface area contributed by atoms with Crippen molar-refractivity contribution in [1.29, 1.82) is 0 Å². The van der Waals surface area contributed by atoms with Crippen LogP contribution in [0.3, 0.4) is 0 Å². The third-order valence-corrected chi connectivity index (χ3v) is 3.38. The first kappa shape index (κ1) is 20.1. The molecule has 21 heavy (non-hydrogen) atoms. The number of nitrogens with zero attached hydrogens (tertiary/aromatic N) is 3. The minimum atomic E-state index is 0. The molecule has 1 aliphatic rings. The Bertz CT molecular complexity index is 399. The lowest BCUT2D eigenvalue weighted by atomic mass is 10.2. The molecule has 120 valence electrons. The predicted molar refractivity (Wildman–Crippen MR) is 89.4 cm³/mol. The topological polar surface area (TPSA) is 48.5 Å². The van der Waals surface area contributed by atoms with E-state index in [1.165, 1.54) is 5.56 Å². The van der Waals surface area contributed by atoms with Gasteiger partial charge in [-0.3, -0.25) is 14.7 Å². The number of carbonyl (C=O) groups is 1. The molecule has 0 bridgehead atoms. The largest absolute Gasteiger partial charge is 0.339 e. The number of aromatic nitrogens is 1. The quantitative estimate of drug-likeness (QED) is 0.866. The maximum Gasteiger partial charge on any atom is 0.236 e. The molecular formula is C14H24Cl2N4O. The molecule has 0 aromatic carbocycles. The molecule has 0 aliphatic carbocycles. The standard InChI is InChI=1S/C14H22N4O.2ClH/c1-17(8-4-13-3-2-5-16-11-13)12-14(19)18-9-6-15-7-10-18;;/h2-3,5,11,15H,4,6-10,12H2,1H3;2*1H. The molecule has 1 N–H and O–H groups in total. The number of pyridine rings is 1. The highest BCUT2D eigenvalue weighted by atomic mass is 35.5. The molecule has 5 nitrogen and oxygen atoms in total. The van der Waals surface area contributed by atoms with Crippen LogP contribution in [-0.4, -0.2) is 67.0 Å². The minimum Gasteiger partial charge on any atom is -0.339 e. The van der Waals surface area contributed by atoms with Gasteiger partial charge in [-0.2, -0.15) is 0 Å². The lowest BCUT2D eigenvalue weighted by molar-refractivity contribution is -0.132. The molecule has 2 heterocycles. The van der Waals surface area contributed by atoms with Crippen LogP contribution in [0.25, 0.3) is 0 Å². The van der Waals surface area contributed by atoms with Crippen LogP contribution >= 0.6 is 24.8 Å². The molecule has 1 aromatic rings. The zero-order chi connectivity index (χ0) is 13.5. The number of piperazine rings is 1. The number of nitrogens with one attached hydrogen (secondary N) is 1. The van der Waals surface area contributed by atoms with E-state index in [-0.39, 0.29) is 30.7 Å². The van der Waals surface area contributed by atoms with Crippen molar-refractivity contribution >= 4 is 30.7 Å². The van der Waals surface area contributed by atoms with E-state index >= 15 is 0 Å². The van der Waals surface area contributed by atoms with Crippen LogP contribution < -0.4 is 5.32 Å². The zero-order valence-electron chi connectivity index (χ0n) is 12.3. The molecule has 0 atom stereocenters. The number of hydrogen-bond donors (Lipinski definition) is 1. The van der Waals surface area contributed by atoms with E-state index < -0.39 is 0 Å². The van der Waals surface area contributed by atoms with Crippen LogP contribution in [-0.2, 0) is 11.2 Å². The van der Waals surface area contributed by atoms with E-state index in [9.17, 15) is 4.79 Å². The van der Waals surface area contributed by atoms with Crippen LogP contribution in [0.2, 0.25) is 0 Å². The van der Waals surface area contributed by atoms with Crippen molar-refractivity contribution in [2.75, 3.05) is 46.3 Å². The monoisotopic (exact) mass is 334 g/mol. The first-order chi connectivity index (χ1) is 9.25. The van der Waals surface area contributed by atoms with Crippen molar-refractivity contribution in [3.05, 3.63) is 30.1 Å². The first-order valence-corrected chi connectivity index (χ1v) is 6.81. The van der Waals surface area contributed by atoms with Gasteiger partial charge in [-0.1, -0.05) is 6.07 Å². The van der Waals surface area contributed by atoms with Crippen molar-refractivity contribution in [3.63, 3.8) is 0 Å². The van der Waals surface area contributed by atoms with E-state index in [0.717, 1.165) is 39.1 Å². The third kappa shape index (κ3) is 7.09. The van der Waals surface area contributed by atoms with Gasteiger partial charge in [-0.05, 0) is 25.1 Å². The van der Waals surface area contributed by atoms with Gasteiger partial charge in [0.05, 0.1) is 6.54 Å². The summed E-state index contributed by atoms with van der Waals surface area (Å²) in [6.07, 6.45) is 4.59. The summed E-state index contributed by atoms with van der Waals surface area (Å²) in [5, 5.41) is 3.26. The number of halogens is 2. The lowest BCUT2D eigenvalue weighted by Crippen LogP contribution is -2.49. The Morgan fingerprint density at radius 1 is 1.38 bits per heavy atom. The molecule has 1 aliphatic heterocycles. The van der Waals surface area contributed by atoms with Crippen LogP contribution in [0.5, 0.6) is 0 Å². The molecule has 7 heteroatoms. The molecule has 0 saturated carbocycles. The second-order valence-electron chi connectivity index (χ2n) is 4.98. The highest BCUT2D eigenvalue weighted by Crippen LogP contribution is 2.00. The van der Waals surface area contributed by atoms with E-state index in [2.05, 4.69) is 21.3 Å². The SMILES string of the molecule is CN(CCc1cccnc1)CC(=O)N1CCNCC1.Cl.Cl. The van der Waals surface area contributed by atoms with E-state index in [1.807, 2.05) is 24.2 Å². The summed E-state index contributed by atoms with van der Waals surface area (Å²) in [4.78, 5) is 20.2. The number of likely N-dealkylation sites (N-methyl/N-ethyl adjacent to an activating group) is 1. The Labute approximate surface area is 138 Å². The van der Waals surface area contributed by atoms with Gasteiger partial charge in [0.2, 0.25) is 5.91 Å². The average Bonchev–Trinajstić information content (AvgIpc) is 2.47. The van der Waals surface area contributed by atoms with Crippen molar-refractivity contribution < 1.29 is 4.79 Å². The molecule has 0 radical (unpaired) electrons. The molecule has 1 saturated heterocycles. The molecule has 0 unspecified atom stereocenters. The smallest absolute Gasteiger partial charge is 0.236 e. The van der Waals surface area contributed by atoms with Gasteiger partial charge >= 0.3 is 0 Å². The second kappa shape index (κ2) is 10.8. The first-order valence-electron chi connectivity index (χ1n) is 6.81. The fourth-order valence-electron chi connectivity index (χ4n) is 2.19. The molecule has 1 aromatic heterocycles. The summed E-state index contributed by atoms with van der Waals surface area (Å²) >= 11 is 0. The van der Waals surface area contributed by atoms with E-state index in [1.54, 1.807) is 6.20 Å². The number of carbonyl (C=O) groups excluding carboxylic acids is 1. The maximum atomic E-state index is 12.1. The van der Waals surface area contributed by atoms with Crippen LogP contribution in [0, 0.1) is 0 Å². The lowest BCUT2D eigenvalue weighted by Gasteiger charge is -2.29. The highest BCUT2D eigenvalue weighted by molar-refractivity contribution is 5.85. The van der Waals surface area contributed by atoms with Crippen molar-refractivity contribution in [1.82, 2.24) is 20.1 Å². The van der Waals surface area contributed by atoms with Crippen LogP contribution in [0.1, 0.15) is 5.56 Å². The third-order valence-electron chi connectivity index (χ3n) is 3.38.